The summed E-state index contributed by atoms with van der Waals surface area (Å²) in [7, 11) is 3.07. The van der Waals surface area contributed by atoms with E-state index in [9.17, 15) is 4.79 Å². The second-order valence-corrected chi connectivity index (χ2v) is 2.16. The van der Waals surface area contributed by atoms with E-state index in [1.54, 1.807) is 7.05 Å². The largest absolute Gasteiger partial charge is 0.275 e. The number of amides is 1. The van der Waals surface area contributed by atoms with Crippen molar-refractivity contribution >= 4 is 5.91 Å². The number of carbonyl (C=O) groups is 1. The molecule has 0 aromatic carbocycles. The fourth-order valence-corrected chi connectivity index (χ4v) is 0.581. The second-order valence-electron chi connectivity index (χ2n) is 2.16. The van der Waals surface area contributed by atoms with Gasteiger partial charge in [0.25, 0.3) is 0 Å². The zero-order valence-corrected chi connectivity index (χ0v) is 7.33. The van der Waals surface area contributed by atoms with Crippen molar-refractivity contribution in [2.75, 3.05) is 14.2 Å². The van der Waals surface area contributed by atoms with Crippen molar-refractivity contribution in [2.24, 2.45) is 0 Å². The highest BCUT2D eigenvalue weighted by Crippen LogP contribution is 1.92. The number of hydrogen-bond donors (Lipinski definition) is 0. The minimum absolute atomic E-state index is 0.0304. The number of nitrogens with zero attached hydrogens (tertiary/aromatic N) is 1. The molecule has 64 valence electrons. The Kier molecular flexibility index (Phi) is 5.47. The Morgan fingerprint density at radius 3 is 2.64 bits per heavy atom. The Hall–Kier alpha value is -0.830. The van der Waals surface area contributed by atoms with Gasteiger partial charge in [-0.3, -0.25) is 9.63 Å². The van der Waals surface area contributed by atoms with Crippen LogP contribution < -0.4 is 0 Å². The van der Waals surface area contributed by atoms with Crippen LogP contribution >= 0.6 is 0 Å². The van der Waals surface area contributed by atoms with Crippen LogP contribution in [0.15, 0.2) is 12.2 Å². The third-order valence-corrected chi connectivity index (χ3v) is 1.32. The lowest BCUT2D eigenvalue weighted by atomic mass is 10.3. The third kappa shape index (κ3) is 4.56. The van der Waals surface area contributed by atoms with Gasteiger partial charge in [-0.25, -0.2) is 5.06 Å². The first-order chi connectivity index (χ1) is 5.22. The molecule has 0 bridgehead atoms. The lowest BCUT2D eigenvalue weighted by Gasteiger charge is -2.11. The Balaban J connectivity index is 3.60. The molecule has 0 aromatic heterocycles. The van der Waals surface area contributed by atoms with E-state index in [1.165, 1.54) is 12.2 Å². The van der Waals surface area contributed by atoms with Gasteiger partial charge in [-0.15, -0.1) is 0 Å². The summed E-state index contributed by atoms with van der Waals surface area (Å²) in [6.07, 6.45) is 5.18. The Labute approximate surface area is 67.6 Å². The van der Waals surface area contributed by atoms with Crippen LogP contribution in [-0.2, 0) is 9.63 Å². The SMILES string of the molecule is CCC=CCC(=O)N(C)OC. The summed E-state index contributed by atoms with van der Waals surface area (Å²) in [5.74, 6) is -0.0304. The van der Waals surface area contributed by atoms with Crippen molar-refractivity contribution in [3.8, 4) is 0 Å². The standard InChI is InChI=1S/C8H15NO2/c1-4-5-6-7-8(10)9(2)11-3/h5-6H,4,7H2,1-3H3. The highest BCUT2D eigenvalue weighted by Gasteiger charge is 2.03. The first kappa shape index (κ1) is 10.2. The molecular weight excluding hydrogens is 142 g/mol. The summed E-state index contributed by atoms with van der Waals surface area (Å²) in [5.41, 5.74) is 0. The van der Waals surface area contributed by atoms with E-state index in [-0.39, 0.29) is 5.91 Å². The molecule has 11 heavy (non-hydrogen) atoms. The molecule has 0 spiro atoms. The molecule has 3 nitrogen and oxygen atoms in total. The van der Waals surface area contributed by atoms with Crippen molar-refractivity contribution in [3.63, 3.8) is 0 Å². The van der Waals surface area contributed by atoms with E-state index in [2.05, 4.69) is 0 Å². The molecule has 0 N–H and O–H groups in total. The van der Waals surface area contributed by atoms with Gasteiger partial charge in [0.1, 0.15) is 0 Å². The van der Waals surface area contributed by atoms with E-state index < -0.39 is 0 Å². The summed E-state index contributed by atoms with van der Waals surface area (Å²) in [6, 6.07) is 0. The number of hydrogen-bond acceptors (Lipinski definition) is 2. The highest BCUT2D eigenvalue weighted by atomic mass is 16.7. The number of rotatable bonds is 4. The van der Waals surface area contributed by atoms with Crippen LogP contribution in [0.25, 0.3) is 0 Å². The number of allylic oxidation sites excluding steroid dienone is 1. The normalized spacial score (nSPS) is 10.5. The topological polar surface area (TPSA) is 29.5 Å². The molecule has 0 rings (SSSR count). The second kappa shape index (κ2) is 5.92. The van der Waals surface area contributed by atoms with Crippen molar-refractivity contribution in [1.29, 1.82) is 0 Å². The van der Waals surface area contributed by atoms with Gasteiger partial charge in [0.2, 0.25) is 5.91 Å². The lowest BCUT2D eigenvalue weighted by Crippen LogP contribution is -2.24. The van der Waals surface area contributed by atoms with Crippen LogP contribution in [-0.4, -0.2) is 25.1 Å². The highest BCUT2D eigenvalue weighted by molar-refractivity contribution is 5.76. The lowest BCUT2D eigenvalue weighted by molar-refractivity contribution is -0.167. The minimum atomic E-state index is -0.0304. The van der Waals surface area contributed by atoms with Gasteiger partial charge >= 0.3 is 0 Å². The predicted octanol–water partition coefficient (Wildman–Crippen LogP) is 1.36. The maximum Gasteiger partial charge on any atom is 0.249 e. The van der Waals surface area contributed by atoms with E-state index in [0.29, 0.717) is 6.42 Å². The molecule has 0 fully saturated rings. The Bertz CT molecular complexity index is 143. The molecule has 0 atom stereocenters. The predicted molar refractivity (Wildman–Crippen MR) is 43.8 cm³/mol. The average Bonchev–Trinajstić information content (AvgIpc) is 2.03. The summed E-state index contributed by atoms with van der Waals surface area (Å²) in [5, 5.41) is 1.22. The van der Waals surface area contributed by atoms with Gasteiger partial charge in [0, 0.05) is 13.5 Å². The average molecular weight is 157 g/mol. The van der Waals surface area contributed by atoms with E-state index in [1.807, 2.05) is 19.1 Å². The summed E-state index contributed by atoms with van der Waals surface area (Å²) in [6.45, 7) is 2.03. The van der Waals surface area contributed by atoms with E-state index >= 15 is 0 Å². The van der Waals surface area contributed by atoms with E-state index in [4.69, 9.17) is 4.84 Å². The molecule has 0 radical (unpaired) electrons. The molecule has 1 amide bonds. The van der Waals surface area contributed by atoms with Crippen molar-refractivity contribution in [2.45, 2.75) is 19.8 Å². The fourth-order valence-electron chi connectivity index (χ4n) is 0.581. The van der Waals surface area contributed by atoms with Gasteiger partial charge in [-0.05, 0) is 6.42 Å². The van der Waals surface area contributed by atoms with Crippen LogP contribution in [0.3, 0.4) is 0 Å². The molecule has 0 aliphatic rings. The maximum absolute atomic E-state index is 11.0. The summed E-state index contributed by atoms with van der Waals surface area (Å²) < 4.78 is 0. The maximum atomic E-state index is 11.0. The summed E-state index contributed by atoms with van der Waals surface area (Å²) in [4.78, 5) is 15.7. The first-order valence-electron chi connectivity index (χ1n) is 3.68. The first-order valence-corrected chi connectivity index (χ1v) is 3.68. The third-order valence-electron chi connectivity index (χ3n) is 1.32. The molecule has 0 aromatic rings. The zero-order chi connectivity index (χ0) is 8.69. The minimum Gasteiger partial charge on any atom is -0.275 e. The molecule has 0 saturated heterocycles. The van der Waals surface area contributed by atoms with Crippen LogP contribution in [0.5, 0.6) is 0 Å². The summed E-state index contributed by atoms with van der Waals surface area (Å²) >= 11 is 0. The van der Waals surface area contributed by atoms with Crippen LogP contribution in [0, 0.1) is 0 Å². The van der Waals surface area contributed by atoms with Crippen molar-refractivity contribution < 1.29 is 9.63 Å². The molecule has 0 saturated carbocycles. The Morgan fingerprint density at radius 1 is 1.55 bits per heavy atom. The van der Waals surface area contributed by atoms with Gasteiger partial charge in [0.15, 0.2) is 0 Å². The van der Waals surface area contributed by atoms with Gasteiger partial charge in [-0.2, -0.15) is 0 Å². The van der Waals surface area contributed by atoms with Crippen LogP contribution in [0.2, 0.25) is 0 Å². The molecule has 3 heteroatoms. The van der Waals surface area contributed by atoms with E-state index in [0.717, 1.165) is 6.42 Å². The molecule has 0 aliphatic heterocycles. The zero-order valence-electron chi connectivity index (χ0n) is 7.33. The quantitative estimate of drug-likeness (QED) is 0.455. The van der Waals surface area contributed by atoms with Gasteiger partial charge in [0.05, 0.1) is 7.11 Å². The number of hydroxylamine groups is 2. The van der Waals surface area contributed by atoms with Crippen LogP contribution in [0.4, 0.5) is 0 Å². The number of carbonyl (C=O) groups excluding carboxylic acids is 1. The van der Waals surface area contributed by atoms with Crippen molar-refractivity contribution in [3.05, 3.63) is 12.2 Å². The molecule has 0 unspecified atom stereocenters. The molecule has 0 heterocycles. The van der Waals surface area contributed by atoms with Crippen molar-refractivity contribution in [1.82, 2.24) is 5.06 Å². The molecular formula is C8H15NO2. The van der Waals surface area contributed by atoms with Gasteiger partial charge in [-0.1, -0.05) is 19.1 Å². The van der Waals surface area contributed by atoms with Crippen LogP contribution in [0.1, 0.15) is 19.8 Å². The monoisotopic (exact) mass is 157 g/mol. The molecule has 0 aliphatic carbocycles. The fraction of sp³-hybridized carbons (Fsp3) is 0.625. The van der Waals surface area contributed by atoms with Gasteiger partial charge < -0.3 is 0 Å². The Morgan fingerprint density at radius 2 is 2.18 bits per heavy atom. The smallest absolute Gasteiger partial charge is 0.249 e.